The van der Waals surface area contributed by atoms with E-state index in [4.69, 9.17) is 16.3 Å². The summed E-state index contributed by atoms with van der Waals surface area (Å²) in [7, 11) is 0. The second-order valence-corrected chi connectivity index (χ2v) is 6.34. The first-order chi connectivity index (χ1) is 13.5. The van der Waals surface area contributed by atoms with E-state index < -0.39 is 11.9 Å². The van der Waals surface area contributed by atoms with Gasteiger partial charge in [0.15, 0.2) is 5.78 Å². The van der Waals surface area contributed by atoms with Gasteiger partial charge in [0.2, 0.25) is 0 Å². The fourth-order valence-electron chi connectivity index (χ4n) is 2.62. The molecule has 5 nitrogen and oxygen atoms in total. The van der Waals surface area contributed by atoms with Crippen LogP contribution in [0.1, 0.15) is 33.2 Å². The van der Waals surface area contributed by atoms with Crippen LogP contribution in [0, 0.1) is 0 Å². The third kappa shape index (κ3) is 4.45. The molecule has 3 rings (SSSR count). The van der Waals surface area contributed by atoms with Crippen molar-refractivity contribution in [3.63, 3.8) is 0 Å². The number of esters is 1. The number of halogens is 1. The minimum absolute atomic E-state index is 0.155. The van der Waals surface area contributed by atoms with E-state index in [9.17, 15) is 14.4 Å². The lowest BCUT2D eigenvalue weighted by atomic mass is 10.0. The van der Waals surface area contributed by atoms with E-state index in [1.807, 2.05) is 6.07 Å². The molecule has 140 valence electrons. The number of hydrogen-bond acceptors (Lipinski definition) is 4. The number of para-hydroxylation sites is 1. The van der Waals surface area contributed by atoms with Gasteiger partial charge in [-0.2, -0.15) is 0 Å². The van der Waals surface area contributed by atoms with E-state index in [-0.39, 0.29) is 27.7 Å². The monoisotopic (exact) mass is 393 g/mol. The van der Waals surface area contributed by atoms with Crippen LogP contribution in [0.2, 0.25) is 5.02 Å². The zero-order valence-electron chi connectivity index (χ0n) is 14.9. The molecule has 0 aliphatic carbocycles. The molecule has 0 aliphatic heterocycles. The van der Waals surface area contributed by atoms with Crippen molar-refractivity contribution in [3.8, 4) is 5.75 Å². The van der Waals surface area contributed by atoms with Crippen LogP contribution in [0.3, 0.4) is 0 Å². The van der Waals surface area contributed by atoms with Gasteiger partial charge in [0.05, 0.1) is 10.6 Å². The summed E-state index contributed by atoms with van der Waals surface area (Å²) in [6, 6.07) is 19.8. The molecule has 0 heterocycles. The Kier molecular flexibility index (Phi) is 5.87. The number of carbonyl (C=O) groups excluding carboxylic acids is 3. The molecule has 0 unspecified atom stereocenters. The predicted octanol–water partition coefficient (Wildman–Crippen LogP) is 4.75. The highest BCUT2D eigenvalue weighted by Gasteiger charge is 2.17. The first-order valence-electron chi connectivity index (χ1n) is 8.44. The lowest BCUT2D eigenvalue weighted by Crippen LogP contribution is -2.15. The van der Waals surface area contributed by atoms with Gasteiger partial charge in [0, 0.05) is 23.7 Å². The van der Waals surface area contributed by atoms with Gasteiger partial charge >= 0.3 is 5.97 Å². The topological polar surface area (TPSA) is 72.5 Å². The van der Waals surface area contributed by atoms with Gasteiger partial charge in [-0.15, -0.1) is 0 Å². The van der Waals surface area contributed by atoms with Crippen molar-refractivity contribution in [3.05, 3.63) is 94.5 Å². The molecule has 1 amide bonds. The lowest BCUT2D eigenvalue weighted by Gasteiger charge is -2.11. The number of benzene rings is 3. The molecule has 3 aromatic carbocycles. The lowest BCUT2D eigenvalue weighted by molar-refractivity contribution is -0.131. The van der Waals surface area contributed by atoms with Gasteiger partial charge in [-0.1, -0.05) is 54.1 Å². The number of ether oxygens (including phenoxy) is 1. The summed E-state index contributed by atoms with van der Waals surface area (Å²) in [4.78, 5) is 36.6. The SMILES string of the molecule is CC(=O)Oc1ccccc1C(=O)Nc1ccc(Cl)c(C(=O)c2ccccc2)c1. The first-order valence-corrected chi connectivity index (χ1v) is 8.81. The molecule has 0 spiro atoms. The number of hydrogen-bond donors (Lipinski definition) is 1. The molecule has 0 fully saturated rings. The van der Waals surface area contributed by atoms with Crippen LogP contribution < -0.4 is 10.1 Å². The molecule has 0 atom stereocenters. The van der Waals surface area contributed by atoms with Crippen LogP contribution in [0.15, 0.2) is 72.8 Å². The minimum atomic E-state index is -0.525. The molecule has 0 saturated carbocycles. The predicted molar refractivity (Wildman–Crippen MR) is 107 cm³/mol. The molecule has 0 aromatic heterocycles. The Morgan fingerprint density at radius 1 is 0.857 bits per heavy atom. The molecular formula is C22H16ClNO4. The summed E-state index contributed by atoms with van der Waals surface area (Å²) in [5.41, 5.74) is 1.36. The normalized spacial score (nSPS) is 10.2. The smallest absolute Gasteiger partial charge is 0.308 e. The summed E-state index contributed by atoms with van der Waals surface area (Å²) < 4.78 is 5.07. The van der Waals surface area contributed by atoms with Crippen molar-refractivity contribution in [2.45, 2.75) is 6.92 Å². The fourth-order valence-corrected chi connectivity index (χ4v) is 2.82. The van der Waals surface area contributed by atoms with Crippen LogP contribution in [-0.4, -0.2) is 17.7 Å². The number of amides is 1. The molecular weight excluding hydrogens is 378 g/mol. The maximum atomic E-state index is 12.7. The van der Waals surface area contributed by atoms with E-state index in [0.717, 1.165) is 0 Å². The van der Waals surface area contributed by atoms with E-state index >= 15 is 0 Å². The zero-order valence-corrected chi connectivity index (χ0v) is 15.7. The highest BCUT2D eigenvalue weighted by molar-refractivity contribution is 6.35. The fraction of sp³-hybridized carbons (Fsp3) is 0.0455. The molecule has 0 radical (unpaired) electrons. The van der Waals surface area contributed by atoms with Gasteiger partial charge in [0.1, 0.15) is 5.75 Å². The Labute approximate surface area is 166 Å². The second-order valence-electron chi connectivity index (χ2n) is 5.93. The maximum absolute atomic E-state index is 12.7. The molecule has 0 bridgehead atoms. The number of ketones is 1. The van der Waals surface area contributed by atoms with Crippen molar-refractivity contribution in [1.29, 1.82) is 0 Å². The maximum Gasteiger partial charge on any atom is 0.308 e. The van der Waals surface area contributed by atoms with E-state index in [2.05, 4.69) is 5.32 Å². The third-order valence-electron chi connectivity index (χ3n) is 3.89. The van der Waals surface area contributed by atoms with E-state index in [0.29, 0.717) is 11.3 Å². The van der Waals surface area contributed by atoms with Gasteiger partial charge in [-0.25, -0.2) is 0 Å². The summed E-state index contributed by atoms with van der Waals surface area (Å²) in [5.74, 6) is -1.09. The van der Waals surface area contributed by atoms with Gasteiger partial charge in [0.25, 0.3) is 5.91 Å². The molecule has 6 heteroatoms. The largest absolute Gasteiger partial charge is 0.426 e. The van der Waals surface area contributed by atoms with Crippen LogP contribution in [0.25, 0.3) is 0 Å². The minimum Gasteiger partial charge on any atom is -0.426 e. The summed E-state index contributed by atoms with van der Waals surface area (Å²) in [6.07, 6.45) is 0. The van der Waals surface area contributed by atoms with Crippen LogP contribution >= 0.6 is 11.6 Å². The highest BCUT2D eigenvalue weighted by atomic mass is 35.5. The Bertz CT molecular complexity index is 1050. The highest BCUT2D eigenvalue weighted by Crippen LogP contribution is 2.25. The average Bonchev–Trinajstić information content (AvgIpc) is 2.69. The first kappa shape index (κ1) is 19.3. The van der Waals surface area contributed by atoms with Crippen LogP contribution in [-0.2, 0) is 4.79 Å². The quantitative estimate of drug-likeness (QED) is 0.385. The number of carbonyl (C=O) groups is 3. The molecule has 1 N–H and O–H groups in total. The zero-order chi connectivity index (χ0) is 20.1. The molecule has 0 aliphatic rings. The average molecular weight is 394 g/mol. The standard InChI is InChI=1S/C22H16ClNO4/c1-14(25)28-20-10-6-5-9-17(20)22(27)24-16-11-12-19(23)18(13-16)21(26)15-7-3-2-4-8-15/h2-13H,1H3,(H,24,27). The van der Waals surface area contributed by atoms with E-state index in [1.165, 1.54) is 19.1 Å². The summed E-state index contributed by atoms with van der Waals surface area (Å²) >= 11 is 6.19. The number of nitrogens with one attached hydrogen (secondary N) is 1. The van der Waals surface area contributed by atoms with Crippen LogP contribution in [0.4, 0.5) is 5.69 Å². The van der Waals surface area contributed by atoms with Crippen LogP contribution in [0.5, 0.6) is 5.75 Å². The van der Waals surface area contributed by atoms with Gasteiger partial charge in [-0.05, 0) is 30.3 Å². The number of anilines is 1. The Balaban J connectivity index is 1.87. The van der Waals surface area contributed by atoms with Gasteiger partial charge in [-0.3, -0.25) is 14.4 Å². The van der Waals surface area contributed by atoms with Crippen molar-refractivity contribution in [1.82, 2.24) is 0 Å². The molecule has 3 aromatic rings. The Hall–Kier alpha value is -3.44. The summed E-state index contributed by atoms with van der Waals surface area (Å²) in [5, 5.41) is 2.99. The van der Waals surface area contributed by atoms with Crippen molar-refractivity contribution < 1.29 is 19.1 Å². The van der Waals surface area contributed by atoms with Crippen molar-refractivity contribution in [2.24, 2.45) is 0 Å². The Morgan fingerprint density at radius 2 is 1.54 bits per heavy atom. The third-order valence-corrected chi connectivity index (χ3v) is 4.22. The van der Waals surface area contributed by atoms with Gasteiger partial charge < -0.3 is 10.1 Å². The van der Waals surface area contributed by atoms with Crippen molar-refractivity contribution in [2.75, 3.05) is 5.32 Å². The van der Waals surface area contributed by atoms with E-state index in [1.54, 1.807) is 54.6 Å². The number of rotatable bonds is 5. The summed E-state index contributed by atoms with van der Waals surface area (Å²) in [6.45, 7) is 1.26. The molecule has 0 saturated heterocycles. The van der Waals surface area contributed by atoms with Crippen molar-refractivity contribution >= 4 is 34.9 Å². The molecule has 28 heavy (non-hydrogen) atoms. The Morgan fingerprint density at radius 3 is 2.25 bits per heavy atom. The second kappa shape index (κ2) is 8.50.